The Balaban J connectivity index is 1.76. The minimum Gasteiger partial charge on any atom is -0.497 e. The Kier molecular flexibility index (Phi) is 9.89. The molecule has 2 rings (SSSR count). The first-order chi connectivity index (χ1) is 15.3. The summed E-state index contributed by atoms with van der Waals surface area (Å²) in [7, 11) is 1.53. The van der Waals surface area contributed by atoms with Crippen LogP contribution in [-0.4, -0.2) is 92.3 Å². The molecule has 0 aliphatic carbocycles. The lowest BCUT2D eigenvalue weighted by atomic mass is 10.1. The third-order valence-electron chi connectivity index (χ3n) is 4.90. The number of carbonyl (C=O) groups excluding carboxylic acids is 3. The molecule has 0 bridgehead atoms. The molecule has 4 N–H and O–H groups in total. The fourth-order valence-corrected chi connectivity index (χ4v) is 3.05. The van der Waals surface area contributed by atoms with E-state index < -0.39 is 29.9 Å². The molecule has 1 aliphatic heterocycles. The third-order valence-corrected chi connectivity index (χ3v) is 4.90. The first-order valence-corrected chi connectivity index (χ1v) is 10.3. The molecule has 32 heavy (non-hydrogen) atoms. The molecule has 0 aromatic heterocycles. The van der Waals surface area contributed by atoms with Crippen molar-refractivity contribution in [2.45, 2.75) is 25.4 Å². The summed E-state index contributed by atoms with van der Waals surface area (Å²) in [4.78, 5) is 49.9. The molecule has 3 amide bonds. The van der Waals surface area contributed by atoms with E-state index in [1.807, 2.05) is 4.90 Å². The molecular formula is C21H30N4O7. The van der Waals surface area contributed by atoms with Crippen molar-refractivity contribution in [3.05, 3.63) is 29.8 Å². The predicted octanol–water partition coefficient (Wildman–Crippen LogP) is -1.24. The zero-order valence-corrected chi connectivity index (χ0v) is 18.3. The second kappa shape index (κ2) is 12.6. The molecule has 0 radical (unpaired) electrons. The number of aliphatic carboxylic acids is 1. The number of amides is 3. The second-order valence-electron chi connectivity index (χ2n) is 7.41. The molecule has 1 aliphatic rings. The summed E-state index contributed by atoms with van der Waals surface area (Å²) < 4.78 is 10.3. The maximum atomic E-state index is 12.4. The van der Waals surface area contributed by atoms with Gasteiger partial charge in [-0.3, -0.25) is 19.3 Å². The van der Waals surface area contributed by atoms with E-state index in [1.54, 1.807) is 24.3 Å². The molecule has 11 nitrogen and oxygen atoms in total. The van der Waals surface area contributed by atoms with Gasteiger partial charge >= 0.3 is 5.97 Å². The van der Waals surface area contributed by atoms with Gasteiger partial charge < -0.3 is 30.5 Å². The number of nitrogens with one attached hydrogen (secondary N) is 3. The lowest BCUT2D eigenvalue weighted by Crippen LogP contribution is -2.52. The smallest absolute Gasteiger partial charge is 0.326 e. The Morgan fingerprint density at radius 2 is 1.75 bits per heavy atom. The van der Waals surface area contributed by atoms with Gasteiger partial charge in [0.25, 0.3) is 0 Å². The average molecular weight is 450 g/mol. The average Bonchev–Trinajstić information content (AvgIpc) is 2.78. The highest BCUT2D eigenvalue weighted by Crippen LogP contribution is 2.13. The van der Waals surface area contributed by atoms with E-state index in [4.69, 9.17) is 9.47 Å². The number of methoxy groups -OCH3 is 1. The van der Waals surface area contributed by atoms with Crippen LogP contribution < -0.4 is 20.7 Å². The normalized spacial score (nSPS) is 15.8. The zero-order chi connectivity index (χ0) is 23.5. The molecule has 1 unspecified atom stereocenters. The van der Waals surface area contributed by atoms with Gasteiger partial charge in [0.15, 0.2) is 0 Å². The monoisotopic (exact) mass is 450 g/mol. The number of morpholine rings is 1. The van der Waals surface area contributed by atoms with Gasteiger partial charge in [-0.1, -0.05) is 12.1 Å². The molecule has 1 fully saturated rings. The van der Waals surface area contributed by atoms with E-state index in [1.165, 1.54) is 14.0 Å². The standard InChI is InChI=1S/C21H30N4O7/c1-14(23-18(26)12-22-19(27)13-25-7-9-32-10-8-25)20(28)24-17(21(29)30)11-15-3-5-16(31-2)6-4-15/h3-6,14,17H,7-13H2,1-2H3,(H,22,27)(H,23,26)(H,24,28)(H,29,30)/t14?,17-/m0/s1. The Morgan fingerprint density at radius 1 is 1.09 bits per heavy atom. The number of nitrogens with zero attached hydrogens (tertiary/aromatic N) is 1. The van der Waals surface area contributed by atoms with Gasteiger partial charge in [-0.15, -0.1) is 0 Å². The molecular weight excluding hydrogens is 420 g/mol. The van der Waals surface area contributed by atoms with Gasteiger partial charge in [0.05, 0.1) is 33.4 Å². The first-order valence-electron chi connectivity index (χ1n) is 10.3. The number of ether oxygens (including phenoxy) is 2. The fraction of sp³-hybridized carbons (Fsp3) is 0.524. The molecule has 0 saturated carbocycles. The summed E-state index contributed by atoms with van der Waals surface area (Å²) in [5, 5.41) is 16.8. The van der Waals surface area contributed by atoms with Gasteiger partial charge in [0.2, 0.25) is 17.7 Å². The number of carbonyl (C=O) groups is 4. The molecule has 176 valence electrons. The highest BCUT2D eigenvalue weighted by atomic mass is 16.5. The van der Waals surface area contributed by atoms with Crippen molar-refractivity contribution in [2.75, 3.05) is 46.5 Å². The molecule has 0 spiro atoms. The van der Waals surface area contributed by atoms with E-state index in [0.717, 1.165) is 0 Å². The van der Waals surface area contributed by atoms with Crippen LogP contribution in [0.25, 0.3) is 0 Å². The summed E-state index contributed by atoms with van der Waals surface area (Å²) in [6.07, 6.45) is 0.0727. The number of hydrogen-bond donors (Lipinski definition) is 4. The van der Waals surface area contributed by atoms with E-state index in [9.17, 15) is 24.3 Å². The maximum Gasteiger partial charge on any atom is 0.326 e. The van der Waals surface area contributed by atoms with Crippen molar-refractivity contribution in [3.63, 3.8) is 0 Å². The van der Waals surface area contributed by atoms with Gasteiger partial charge in [-0.05, 0) is 24.6 Å². The third kappa shape index (κ3) is 8.52. The van der Waals surface area contributed by atoms with Crippen LogP contribution in [0, 0.1) is 0 Å². The van der Waals surface area contributed by atoms with Gasteiger partial charge in [0.1, 0.15) is 17.8 Å². The topological polar surface area (TPSA) is 146 Å². The highest BCUT2D eigenvalue weighted by Gasteiger charge is 2.24. The van der Waals surface area contributed by atoms with Crippen molar-refractivity contribution < 1.29 is 33.8 Å². The van der Waals surface area contributed by atoms with Crippen LogP contribution >= 0.6 is 0 Å². The van der Waals surface area contributed by atoms with Crippen LogP contribution in [0.2, 0.25) is 0 Å². The second-order valence-corrected chi connectivity index (χ2v) is 7.41. The van der Waals surface area contributed by atoms with E-state index in [0.29, 0.717) is 37.6 Å². The number of benzene rings is 1. The zero-order valence-electron chi connectivity index (χ0n) is 18.3. The van der Waals surface area contributed by atoms with Gasteiger partial charge in [-0.25, -0.2) is 4.79 Å². The Hall–Kier alpha value is -3.18. The van der Waals surface area contributed by atoms with Crippen LogP contribution in [0.1, 0.15) is 12.5 Å². The Morgan fingerprint density at radius 3 is 2.34 bits per heavy atom. The number of carboxylic acids is 1. The molecule has 11 heteroatoms. The fourth-order valence-electron chi connectivity index (χ4n) is 3.05. The number of rotatable bonds is 11. The number of carboxylic acid groups (broad SMARTS) is 1. The SMILES string of the molecule is COc1ccc(C[C@H](NC(=O)C(C)NC(=O)CNC(=O)CN2CCOCC2)C(=O)O)cc1. The van der Waals surface area contributed by atoms with Crippen LogP contribution in [0.3, 0.4) is 0 Å². The lowest BCUT2D eigenvalue weighted by Gasteiger charge is -2.25. The Labute approximate surface area is 186 Å². The molecule has 2 atom stereocenters. The van der Waals surface area contributed by atoms with Gasteiger partial charge in [-0.2, -0.15) is 0 Å². The summed E-state index contributed by atoms with van der Waals surface area (Å²) in [5.74, 6) is -2.05. The quantitative estimate of drug-likeness (QED) is 0.327. The molecule has 1 heterocycles. The summed E-state index contributed by atoms with van der Waals surface area (Å²) in [5.41, 5.74) is 0.707. The lowest BCUT2D eigenvalue weighted by molar-refractivity contribution is -0.142. The van der Waals surface area contributed by atoms with Crippen molar-refractivity contribution >= 4 is 23.7 Å². The van der Waals surface area contributed by atoms with Crippen molar-refractivity contribution in [3.8, 4) is 5.75 Å². The highest BCUT2D eigenvalue weighted by molar-refractivity contribution is 5.91. The summed E-state index contributed by atoms with van der Waals surface area (Å²) in [6.45, 7) is 3.75. The van der Waals surface area contributed by atoms with Crippen LogP contribution in [0.4, 0.5) is 0 Å². The number of hydrogen-bond acceptors (Lipinski definition) is 7. The minimum absolute atomic E-state index is 0.0727. The van der Waals surface area contributed by atoms with Crippen LogP contribution in [-0.2, 0) is 30.3 Å². The summed E-state index contributed by atoms with van der Waals surface area (Å²) in [6, 6.07) is 4.69. The first kappa shape index (κ1) is 25.1. The van der Waals surface area contributed by atoms with E-state index in [2.05, 4.69) is 16.0 Å². The van der Waals surface area contributed by atoms with Gasteiger partial charge in [0, 0.05) is 19.5 Å². The van der Waals surface area contributed by atoms with E-state index >= 15 is 0 Å². The Bertz CT molecular complexity index is 794. The minimum atomic E-state index is -1.19. The molecule has 1 aromatic rings. The predicted molar refractivity (Wildman–Crippen MR) is 114 cm³/mol. The summed E-state index contributed by atoms with van der Waals surface area (Å²) >= 11 is 0. The van der Waals surface area contributed by atoms with Crippen molar-refractivity contribution in [1.82, 2.24) is 20.9 Å². The van der Waals surface area contributed by atoms with Crippen molar-refractivity contribution in [1.29, 1.82) is 0 Å². The van der Waals surface area contributed by atoms with Crippen LogP contribution in [0.5, 0.6) is 5.75 Å². The molecule has 1 aromatic carbocycles. The largest absolute Gasteiger partial charge is 0.497 e. The van der Waals surface area contributed by atoms with Crippen molar-refractivity contribution in [2.24, 2.45) is 0 Å². The van der Waals surface area contributed by atoms with Crippen LogP contribution in [0.15, 0.2) is 24.3 Å². The maximum absolute atomic E-state index is 12.4. The van der Waals surface area contributed by atoms with E-state index in [-0.39, 0.29) is 25.4 Å². The molecule has 1 saturated heterocycles.